The average Bonchev–Trinajstić information content (AvgIpc) is 2.78. The first-order valence-corrected chi connectivity index (χ1v) is 7.54. The van der Waals surface area contributed by atoms with Gasteiger partial charge >= 0.3 is 0 Å². The average molecular weight is 296 g/mol. The van der Waals surface area contributed by atoms with Crippen LogP contribution in [0.4, 0.5) is 0 Å². The molecule has 2 aromatic rings. The van der Waals surface area contributed by atoms with Gasteiger partial charge in [0.15, 0.2) is 5.16 Å². The Balaban J connectivity index is 2.16. The van der Waals surface area contributed by atoms with Gasteiger partial charge in [-0.1, -0.05) is 30.3 Å². The molecule has 19 heavy (non-hydrogen) atoms. The Kier molecular flexibility index (Phi) is 5.31. The number of benzene rings is 1. The summed E-state index contributed by atoms with van der Waals surface area (Å²) in [5.74, 6) is 0. The van der Waals surface area contributed by atoms with Crippen LogP contribution in [0.25, 0.3) is 0 Å². The van der Waals surface area contributed by atoms with Gasteiger partial charge in [-0.05, 0) is 36.7 Å². The zero-order valence-corrected chi connectivity index (χ0v) is 12.8. The summed E-state index contributed by atoms with van der Waals surface area (Å²) in [7, 11) is 2.00. The van der Waals surface area contributed by atoms with Gasteiger partial charge < -0.3 is 9.88 Å². The van der Waals surface area contributed by atoms with E-state index in [0.29, 0.717) is 0 Å². The maximum Gasteiger partial charge on any atom is 0.172 e. The largest absolute Gasteiger partial charge is 0.329 e. The molecule has 0 amide bonds. The second-order valence-corrected chi connectivity index (χ2v) is 5.80. The number of rotatable bonds is 6. The summed E-state index contributed by atoms with van der Waals surface area (Å²) in [5, 5.41) is 5.17. The molecule has 0 bridgehead atoms. The summed E-state index contributed by atoms with van der Waals surface area (Å²) in [5.41, 5.74) is 1.22. The van der Waals surface area contributed by atoms with Crippen LogP contribution in [0.3, 0.4) is 0 Å². The lowest BCUT2D eigenvalue weighted by atomic mass is 10.2. The Hall–Kier alpha value is -0.970. The molecule has 0 saturated heterocycles. The van der Waals surface area contributed by atoms with Crippen molar-refractivity contribution in [2.24, 2.45) is 7.05 Å². The molecule has 1 heterocycles. The monoisotopic (exact) mass is 295 g/mol. The molecule has 2 rings (SSSR count). The third kappa shape index (κ3) is 4.00. The lowest BCUT2D eigenvalue weighted by Crippen LogP contribution is -2.14. The van der Waals surface area contributed by atoms with Crippen molar-refractivity contribution in [3.8, 4) is 0 Å². The van der Waals surface area contributed by atoms with Crippen LogP contribution in [0.2, 0.25) is 5.02 Å². The highest BCUT2D eigenvalue weighted by Crippen LogP contribution is 2.30. The fourth-order valence-electron chi connectivity index (χ4n) is 1.73. The van der Waals surface area contributed by atoms with E-state index < -0.39 is 0 Å². The van der Waals surface area contributed by atoms with Crippen molar-refractivity contribution in [2.75, 3.05) is 6.54 Å². The minimum absolute atomic E-state index is 0.775. The summed E-state index contributed by atoms with van der Waals surface area (Å²) < 4.78 is 2.02. The number of nitrogens with one attached hydrogen (secondary N) is 1. The molecule has 0 aliphatic heterocycles. The van der Waals surface area contributed by atoms with Gasteiger partial charge in [0.1, 0.15) is 0 Å². The molecular formula is C14H18ClN3S. The quantitative estimate of drug-likeness (QED) is 0.824. The normalized spacial score (nSPS) is 10.9. The molecule has 0 saturated carbocycles. The molecule has 102 valence electrons. The molecule has 0 atom stereocenters. The molecule has 0 unspecified atom stereocenters. The van der Waals surface area contributed by atoms with Crippen molar-refractivity contribution in [1.29, 1.82) is 0 Å². The lowest BCUT2D eigenvalue weighted by Gasteiger charge is -2.10. The minimum Gasteiger partial charge on any atom is -0.329 e. The van der Waals surface area contributed by atoms with Gasteiger partial charge in [-0.15, -0.1) is 0 Å². The Labute approximate surface area is 123 Å². The molecule has 0 fully saturated rings. The van der Waals surface area contributed by atoms with Crippen LogP contribution in [0, 0.1) is 0 Å². The van der Waals surface area contributed by atoms with Gasteiger partial charge in [-0.3, -0.25) is 0 Å². The Morgan fingerprint density at radius 3 is 2.95 bits per heavy atom. The number of halogens is 1. The maximum atomic E-state index is 6.08. The lowest BCUT2D eigenvalue weighted by molar-refractivity contribution is 0.669. The number of aryl methyl sites for hydroxylation is 1. The smallest absolute Gasteiger partial charge is 0.172 e. The molecule has 0 spiro atoms. The van der Waals surface area contributed by atoms with Crippen molar-refractivity contribution in [1.82, 2.24) is 14.9 Å². The van der Waals surface area contributed by atoms with Gasteiger partial charge in [0, 0.05) is 35.9 Å². The van der Waals surface area contributed by atoms with Crippen molar-refractivity contribution in [3.05, 3.63) is 41.2 Å². The first-order valence-electron chi connectivity index (χ1n) is 6.35. The van der Waals surface area contributed by atoms with Crippen LogP contribution in [0.5, 0.6) is 0 Å². The molecule has 0 aliphatic rings. The van der Waals surface area contributed by atoms with Gasteiger partial charge in [0.05, 0.1) is 0 Å². The van der Waals surface area contributed by atoms with Crippen LogP contribution in [0.1, 0.15) is 18.9 Å². The Morgan fingerprint density at radius 2 is 2.26 bits per heavy atom. The standard InChI is InChI=1S/C14H18ClN3S/c1-3-6-16-10-11-9-12(15)4-5-13(11)19-14-17-7-8-18(14)2/h4-5,7-9,16H,3,6,10H2,1-2H3. The fourth-order valence-corrected chi connectivity index (χ4v) is 2.84. The first-order chi connectivity index (χ1) is 9.20. The molecule has 0 radical (unpaired) electrons. The minimum atomic E-state index is 0.775. The zero-order valence-electron chi connectivity index (χ0n) is 11.2. The van der Waals surface area contributed by atoms with Crippen molar-refractivity contribution >= 4 is 23.4 Å². The summed E-state index contributed by atoms with van der Waals surface area (Å²) in [4.78, 5) is 5.54. The molecule has 0 aliphatic carbocycles. The topological polar surface area (TPSA) is 29.9 Å². The SMILES string of the molecule is CCCNCc1cc(Cl)ccc1Sc1nccn1C. The van der Waals surface area contributed by atoms with E-state index in [1.165, 1.54) is 10.5 Å². The number of hydrogen-bond acceptors (Lipinski definition) is 3. The van der Waals surface area contributed by atoms with Crippen molar-refractivity contribution < 1.29 is 0 Å². The molecule has 3 nitrogen and oxygen atoms in total. The van der Waals surface area contributed by atoms with E-state index in [-0.39, 0.29) is 0 Å². The van der Waals surface area contributed by atoms with Crippen molar-refractivity contribution in [2.45, 2.75) is 29.9 Å². The van der Waals surface area contributed by atoms with E-state index in [0.717, 1.165) is 29.7 Å². The fraction of sp³-hybridized carbons (Fsp3) is 0.357. The Morgan fingerprint density at radius 1 is 1.42 bits per heavy atom. The summed E-state index contributed by atoms with van der Waals surface area (Å²) in [6, 6.07) is 6.01. The second kappa shape index (κ2) is 6.98. The van der Waals surface area contributed by atoms with Crippen LogP contribution in [0.15, 0.2) is 40.6 Å². The second-order valence-electron chi connectivity index (χ2n) is 4.35. The summed E-state index contributed by atoms with van der Waals surface area (Å²) in [6.45, 7) is 4.01. The molecule has 1 aromatic carbocycles. The number of imidazole rings is 1. The molecule has 1 N–H and O–H groups in total. The molecular weight excluding hydrogens is 278 g/mol. The number of hydrogen-bond donors (Lipinski definition) is 1. The van der Waals surface area contributed by atoms with Gasteiger partial charge in [0.25, 0.3) is 0 Å². The third-order valence-electron chi connectivity index (χ3n) is 2.74. The predicted molar refractivity (Wildman–Crippen MR) is 80.8 cm³/mol. The summed E-state index contributed by atoms with van der Waals surface area (Å²) in [6.07, 6.45) is 4.89. The van der Waals surface area contributed by atoms with Crippen LogP contribution in [-0.2, 0) is 13.6 Å². The van der Waals surface area contributed by atoms with Crippen LogP contribution < -0.4 is 5.32 Å². The number of nitrogens with zero attached hydrogens (tertiary/aromatic N) is 2. The van der Waals surface area contributed by atoms with Crippen LogP contribution in [-0.4, -0.2) is 16.1 Å². The highest BCUT2D eigenvalue weighted by atomic mass is 35.5. The van der Waals surface area contributed by atoms with Gasteiger partial charge in [0.2, 0.25) is 0 Å². The maximum absolute atomic E-state index is 6.08. The first kappa shape index (κ1) is 14.4. The highest BCUT2D eigenvalue weighted by Gasteiger charge is 2.08. The predicted octanol–water partition coefficient (Wildman–Crippen LogP) is 3.72. The third-order valence-corrected chi connectivity index (χ3v) is 4.17. The van der Waals surface area contributed by atoms with Gasteiger partial charge in [-0.25, -0.2) is 4.98 Å². The van der Waals surface area contributed by atoms with E-state index >= 15 is 0 Å². The van der Waals surface area contributed by atoms with Gasteiger partial charge in [-0.2, -0.15) is 0 Å². The van der Waals surface area contributed by atoms with E-state index in [9.17, 15) is 0 Å². The van der Waals surface area contributed by atoms with Crippen LogP contribution >= 0.6 is 23.4 Å². The highest BCUT2D eigenvalue weighted by molar-refractivity contribution is 7.99. The molecule has 5 heteroatoms. The Bertz CT molecular complexity index is 539. The molecule has 1 aromatic heterocycles. The van der Waals surface area contributed by atoms with Crippen molar-refractivity contribution in [3.63, 3.8) is 0 Å². The van der Waals surface area contributed by atoms with E-state index in [4.69, 9.17) is 11.6 Å². The summed E-state index contributed by atoms with van der Waals surface area (Å²) >= 11 is 7.75. The number of aromatic nitrogens is 2. The van der Waals surface area contributed by atoms with E-state index in [2.05, 4.69) is 23.3 Å². The van der Waals surface area contributed by atoms with E-state index in [1.807, 2.05) is 36.1 Å². The zero-order chi connectivity index (χ0) is 13.7. The van der Waals surface area contributed by atoms with E-state index in [1.54, 1.807) is 11.8 Å².